The lowest BCUT2D eigenvalue weighted by molar-refractivity contribution is 0.0936. The molecular formula is C19H22N6O2. The third kappa shape index (κ3) is 5.10. The van der Waals surface area contributed by atoms with Crippen molar-refractivity contribution in [3.8, 4) is 17.1 Å². The van der Waals surface area contributed by atoms with Gasteiger partial charge in [0.05, 0.1) is 18.3 Å². The first-order valence-corrected chi connectivity index (χ1v) is 8.75. The molecule has 8 heteroatoms. The fourth-order valence-electron chi connectivity index (χ4n) is 2.53. The SMILES string of the molecule is CC(C)Oc1ccc(-c2ccc(C(=O)N[C@H](C)Cn3cncn3)cc2)nn1. The van der Waals surface area contributed by atoms with E-state index in [2.05, 4.69) is 25.6 Å². The third-order valence-electron chi connectivity index (χ3n) is 3.74. The maximum atomic E-state index is 12.4. The Morgan fingerprint density at radius 1 is 1.11 bits per heavy atom. The number of aromatic nitrogens is 5. The molecular weight excluding hydrogens is 344 g/mol. The molecule has 0 aliphatic heterocycles. The van der Waals surface area contributed by atoms with E-state index in [0.29, 0.717) is 18.0 Å². The highest BCUT2D eigenvalue weighted by molar-refractivity contribution is 5.94. The van der Waals surface area contributed by atoms with Crippen LogP contribution in [-0.2, 0) is 6.54 Å². The first kappa shape index (κ1) is 18.5. The number of nitrogens with zero attached hydrogens (tertiary/aromatic N) is 5. The van der Waals surface area contributed by atoms with Crippen LogP contribution in [-0.4, -0.2) is 43.0 Å². The van der Waals surface area contributed by atoms with Crippen LogP contribution in [0.25, 0.3) is 11.3 Å². The Hall–Kier alpha value is -3.29. The zero-order valence-corrected chi connectivity index (χ0v) is 15.5. The topological polar surface area (TPSA) is 94.8 Å². The average Bonchev–Trinajstić information content (AvgIpc) is 3.15. The molecule has 1 amide bonds. The predicted molar refractivity (Wildman–Crippen MR) is 100 cm³/mol. The number of hydrogen-bond acceptors (Lipinski definition) is 6. The molecule has 140 valence electrons. The summed E-state index contributed by atoms with van der Waals surface area (Å²) in [4.78, 5) is 16.3. The summed E-state index contributed by atoms with van der Waals surface area (Å²) in [5, 5.41) is 15.2. The number of benzene rings is 1. The predicted octanol–water partition coefficient (Wildman–Crippen LogP) is 2.34. The molecule has 8 nitrogen and oxygen atoms in total. The number of ether oxygens (including phenoxy) is 1. The van der Waals surface area contributed by atoms with Gasteiger partial charge in [0, 0.05) is 23.2 Å². The molecule has 1 N–H and O–H groups in total. The molecule has 27 heavy (non-hydrogen) atoms. The van der Waals surface area contributed by atoms with Gasteiger partial charge in [-0.1, -0.05) is 12.1 Å². The number of hydrogen-bond donors (Lipinski definition) is 1. The summed E-state index contributed by atoms with van der Waals surface area (Å²) < 4.78 is 7.17. The van der Waals surface area contributed by atoms with E-state index >= 15 is 0 Å². The van der Waals surface area contributed by atoms with E-state index in [1.807, 2.05) is 39.0 Å². The van der Waals surface area contributed by atoms with Crippen molar-refractivity contribution >= 4 is 5.91 Å². The van der Waals surface area contributed by atoms with Gasteiger partial charge >= 0.3 is 0 Å². The Balaban J connectivity index is 1.61. The summed E-state index contributed by atoms with van der Waals surface area (Å²) in [5.74, 6) is 0.354. The molecule has 0 bridgehead atoms. The number of carbonyl (C=O) groups is 1. The van der Waals surface area contributed by atoms with E-state index in [9.17, 15) is 4.79 Å². The van der Waals surface area contributed by atoms with E-state index < -0.39 is 0 Å². The molecule has 0 saturated heterocycles. The maximum Gasteiger partial charge on any atom is 0.251 e. The molecule has 0 fully saturated rings. The lowest BCUT2D eigenvalue weighted by Gasteiger charge is -2.13. The summed E-state index contributed by atoms with van der Waals surface area (Å²) >= 11 is 0. The molecule has 2 aromatic heterocycles. The highest BCUT2D eigenvalue weighted by Crippen LogP contribution is 2.19. The second kappa shape index (κ2) is 8.39. The fourth-order valence-corrected chi connectivity index (χ4v) is 2.53. The molecule has 1 atom stereocenters. The maximum absolute atomic E-state index is 12.4. The van der Waals surface area contributed by atoms with Gasteiger partial charge in [-0.05, 0) is 39.0 Å². The minimum atomic E-state index is -0.138. The van der Waals surface area contributed by atoms with Crippen molar-refractivity contribution < 1.29 is 9.53 Å². The van der Waals surface area contributed by atoms with Crippen molar-refractivity contribution in [3.05, 3.63) is 54.6 Å². The first-order valence-electron chi connectivity index (χ1n) is 8.75. The van der Waals surface area contributed by atoms with Crippen LogP contribution in [0.15, 0.2) is 49.1 Å². The second-order valence-corrected chi connectivity index (χ2v) is 6.49. The second-order valence-electron chi connectivity index (χ2n) is 6.49. The van der Waals surface area contributed by atoms with Gasteiger partial charge in [-0.15, -0.1) is 10.2 Å². The number of nitrogens with one attached hydrogen (secondary N) is 1. The van der Waals surface area contributed by atoms with Crippen molar-refractivity contribution in [3.63, 3.8) is 0 Å². The zero-order valence-electron chi connectivity index (χ0n) is 15.5. The Kier molecular flexibility index (Phi) is 5.75. The molecule has 0 aliphatic rings. The standard InChI is InChI=1S/C19H22N6O2/c1-13(2)27-18-9-8-17(23-24-18)15-4-6-16(7-5-15)19(26)22-14(3)10-25-12-20-11-21-25/h4-9,11-14H,10H2,1-3H3,(H,22,26)/t14-/m1/s1. The fraction of sp³-hybridized carbons (Fsp3) is 0.316. The summed E-state index contributed by atoms with van der Waals surface area (Å²) in [6.07, 6.45) is 3.14. The zero-order chi connectivity index (χ0) is 19.2. The van der Waals surface area contributed by atoms with Crippen LogP contribution in [0, 0.1) is 0 Å². The molecule has 3 aromatic rings. The highest BCUT2D eigenvalue weighted by Gasteiger charge is 2.11. The molecule has 0 spiro atoms. The summed E-state index contributed by atoms with van der Waals surface area (Å²) in [6, 6.07) is 10.8. The van der Waals surface area contributed by atoms with Crippen molar-refractivity contribution in [1.82, 2.24) is 30.3 Å². The van der Waals surface area contributed by atoms with E-state index in [4.69, 9.17) is 4.74 Å². The van der Waals surface area contributed by atoms with Gasteiger partial charge in [0.1, 0.15) is 12.7 Å². The lowest BCUT2D eigenvalue weighted by Crippen LogP contribution is -2.35. The monoisotopic (exact) mass is 366 g/mol. The number of carbonyl (C=O) groups excluding carboxylic acids is 1. The van der Waals surface area contributed by atoms with E-state index in [1.54, 1.807) is 29.2 Å². The van der Waals surface area contributed by atoms with Gasteiger partial charge in [-0.3, -0.25) is 9.48 Å². The van der Waals surface area contributed by atoms with Gasteiger partial charge in [0.2, 0.25) is 5.88 Å². The Morgan fingerprint density at radius 3 is 2.48 bits per heavy atom. The summed E-state index contributed by atoms with van der Waals surface area (Å²) in [6.45, 7) is 6.35. The van der Waals surface area contributed by atoms with Gasteiger partial charge in [0.15, 0.2) is 0 Å². The van der Waals surface area contributed by atoms with Gasteiger partial charge in [0.25, 0.3) is 5.91 Å². The minimum Gasteiger partial charge on any atom is -0.474 e. The number of rotatable bonds is 7. The molecule has 3 rings (SSSR count). The van der Waals surface area contributed by atoms with Crippen LogP contribution in [0.4, 0.5) is 0 Å². The first-order chi connectivity index (χ1) is 13.0. The third-order valence-corrected chi connectivity index (χ3v) is 3.74. The average molecular weight is 366 g/mol. The van der Waals surface area contributed by atoms with Crippen LogP contribution in [0.1, 0.15) is 31.1 Å². The smallest absolute Gasteiger partial charge is 0.251 e. The van der Waals surface area contributed by atoms with Crippen LogP contribution in [0.3, 0.4) is 0 Å². The Labute approximate surface area is 157 Å². The molecule has 0 aliphatic carbocycles. The molecule has 0 radical (unpaired) electrons. The Bertz CT molecular complexity index is 860. The van der Waals surface area contributed by atoms with Crippen molar-refractivity contribution in [2.75, 3.05) is 0 Å². The minimum absolute atomic E-state index is 0.0508. The van der Waals surface area contributed by atoms with Gasteiger partial charge in [-0.2, -0.15) is 5.10 Å². The Morgan fingerprint density at radius 2 is 1.89 bits per heavy atom. The quantitative estimate of drug-likeness (QED) is 0.690. The molecule has 2 heterocycles. The van der Waals surface area contributed by atoms with Gasteiger partial charge in [-0.25, -0.2) is 4.98 Å². The largest absolute Gasteiger partial charge is 0.474 e. The summed E-state index contributed by atoms with van der Waals surface area (Å²) in [7, 11) is 0. The van der Waals surface area contributed by atoms with E-state index in [0.717, 1.165) is 11.3 Å². The number of amides is 1. The van der Waals surface area contributed by atoms with E-state index in [1.165, 1.54) is 6.33 Å². The van der Waals surface area contributed by atoms with Crippen molar-refractivity contribution in [2.24, 2.45) is 0 Å². The van der Waals surface area contributed by atoms with Crippen molar-refractivity contribution in [2.45, 2.75) is 39.5 Å². The normalized spacial score (nSPS) is 12.0. The molecule has 0 unspecified atom stereocenters. The lowest BCUT2D eigenvalue weighted by atomic mass is 10.1. The van der Waals surface area contributed by atoms with Crippen molar-refractivity contribution in [1.29, 1.82) is 0 Å². The molecule has 0 saturated carbocycles. The highest BCUT2D eigenvalue weighted by atomic mass is 16.5. The van der Waals surface area contributed by atoms with Crippen LogP contribution in [0.2, 0.25) is 0 Å². The van der Waals surface area contributed by atoms with Crippen LogP contribution >= 0.6 is 0 Å². The van der Waals surface area contributed by atoms with Crippen LogP contribution < -0.4 is 10.1 Å². The van der Waals surface area contributed by atoms with E-state index in [-0.39, 0.29) is 18.1 Å². The van der Waals surface area contributed by atoms with Crippen LogP contribution in [0.5, 0.6) is 5.88 Å². The summed E-state index contributed by atoms with van der Waals surface area (Å²) in [5.41, 5.74) is 2.18. The van der Waals surface area contributed by atoms with Gasteiger partial charge < -0.3 is 10.1 Å². The molecule has 1 aromatic carbocycles.